The minimum absolute atomic E-state index is 0.343. The lowest BCUT2D eigenvalue weighted by Crippen LogP contribution is -2.00. The maximum absolute atomic E-state index is 13.2. The highest BCUT2D eigenvalue weighted by atomic mass is 35.5. The second-order valence-electron chi connectivity index (χ2n) is 4.01. The number of aliphatic hydroxyl groups excluding tert-OH is 1. The highest BCUT2D eigenvalue weighted by Crippen LogP contribution is 2.35. The van der Waals surface area contributed by atoms with Gasteiger partial charge in [-0.15, -0.1) is 11.3 Å². The molecule has 1 nitrogen and oxygen atoms in total. The Morgan fingerprint density at radius 1 is 1.24 bits per heavy atom. The third-order valence-corrected chi connectivity index (χ3v) is 4.29. The number of hydrogen-bond acceptors (Lipinski definition) is 2. The van der Waals surface area contributed by atoms with Gasteiger partial charge in [0.05, 0.1) is 4.34 Å². The Hall–Kier alpha value is -0.900. The van der Waals surface area contributed by atoms with Crippen molar-refractivity contribution in [3.63, 3.8) is 0 Å². The van der Waals surface area contributed by atoms with Crippen molar-refractivity contribution in [2.45, 2.75) is 20.0 Å². The second-order valence-corrected chi connectivity index (χ2v) is 5.69. The first-order valence-corrected chi connectivity index (χ1v) is 6.38. The first-order valence-electron chi connectivity index (χ1n) is 5.19. The van der Waals surface area contributed by atoms with Gasteiger partial charge in [-0.1, -0.05) is 17.7 Å². The molecule has 0 aliphatic carbocycles. The zero-order valence-electron chi connectivity index (χ0n) is 9.50. The van der Waals surface area contributed by atoms with Crippen LogP contribution in [-0.2, 0) is 0 Å². The van der Waals surface area contributed by atoms with Gasteiger partial charge in [-0.3, -0.25) is 0 Å². The molecule has 0 fully saturated rings. The molecule has 2 aromatic rings. The Morgan fingerprint density at radius 2 is 1.94 bits per heavy atom. The number of halogens is 2. The van der Waals surface area contributed by atoms with Gasteiger partial charge in [0, 0.05) is 4.88 Å². The molecular weight excluding hydrogens is 259 g/mol. The van der Waals surface area contributed by atoms with Gasteiger partial charge in [-0.05, 0) is 48.7 Å². The van der Waals surface area contributed by atoms with Crippen LogP contribution >= 0.6 is 22.9 Å². The fourth-order valence-electron chi connectivity index (χ4n) is 1.68. The van der Waals surface area contributed by atoms with Crippen LogP contribution in [0.1, 0.15) is 27.7 Å². The molecule has 1 unspecified atom stereocenters. The van der Waals surface area contributed by atoms with Gasteiger partial charge in [-0.2, -0.15) is 0 Å². The molecule has 17 heavy (non-hydrogen) atoms. The van der Waals surface area contributed by atoms with Crippen LogP contribution in [-0.4, -0.2) is 5.11 Å². The van der Waals surface area contributed by atoms with Crippen LogP contribution in [0.2, 0.25) is 4.34 Å². The maximum atomic E-state index is 13.2. The predicted molar refractivity (Wildman–Crippen MR) is 69.3 cm³/mol. The molecule has 0 bridgehead atoms. The SMILES string of the molecule is Cc1ccc(F)cc1C(O)c1cc(C)c(Cl)s1. The number of aliphatic hydroxyl groups is 1. The third kappa shape index (κ3) is 2.51. The lowest BCUT2D eigenvalue weighted by Gasteiger charge is -2.12. The van der Waals surface area contributed by atoms with Crippen molar-refractivity contribution < 1.29 is 9.50 Å². The molecule has 0 radical (unpaired) electrons. The molecule has 90 valence electrons. The van der Waals surface area contributed by atoms with Crippen molar-refractivity contribution in [3.05, 3.63) is 56.0 Å². The van der Waals surface area contributed by atoms with Crippen LogP contribution in [0.5, 0.6) is 0 Å². The molecule has 0 aliphatic heterocycles. The van der Waals surface area contributed by atoms with Gasteiger partial charge < -0.3 is 5.11 Å². The van der Waals surface area contributed by atoms with Crippen molar-refractivity contribution in [2.24, 2.45) is 0 Å². The van der Waals surface area contributed by atoms with E-state index in [0.29, 0.717) is 9.90 Å². The predicted octanol–water partition coefficient (Wildman–Crippen LogP) is 4.24. The van der Waals surface area contributed by atoms with Crippen LogP contribution < -0.4 is 0 Å². The maximum Gasteiger partial charge on any atom is 0.123 e. The molecule has 4 heteroatoms. The van der Waals surface area contributed by atoms with Gasteiger partial charge in [-0.25, -0.2) is 4.39 Å². The third-order valence-electron chi connectivity index (χ3n) is 2.68. The van der Waals surface area contributed by atoms with Crippen molar-refractivity contribution in [2.75, 3.05) is 0 Å². The number of rotatable bonds is 2. The Balaban J connectivity index is 2.42. The summed E-state index contributed by atoms with van der Waals surface area (Å²) in [5.41, 5.74) is 2.38. The normalized spacial score (nSPS) is 12.8. The van der Waals surface area contributed by atoms with Crippen molar-refractivity contribution in [1.29, 1.82) is 0 Å². The summed E-state index contributed by atoms with van der Waals surface area (Å²) in [6, 6.07) is 6.25. The van der Waals surface area contributed by atoms with E-state index in [2.05, 4.69) is 0 Å². The van der Waals surface area contributed by atoms with Crippen LogP contribution in [0, 0.1) is 19.7 Å². The number of hydrogen-bond donors (Lipinski definition) is 1. The summed E-state index contributed by atoms with van der Waals surface area (Å²) in [6.07, 6.45) is -0.818. The molecule has 1 N–H and O–H groups in total. The van der Waals surface area contributed by atoms with Crippen LogP contribution in [0.4, 0.5) is 4.39 Å². The Kier molecular flexibility index (Phi) is 3.52. The quantitative estimate of drug-likeness (QED) is 0.865. The minimum atomic E-state index is -0.818. The zero-order valence-corrected chi connectivity index (χ0v) is 11.1. The molecule has 0 spiro atoms. The molecule has 2 rings (SSSR count). The van der Waals surface area contributed by atoms with Crippen LogP contribution in [0.25, 0.3) is 0 Å². The van der Waals surface area contributed by atoms with E-state index in [1.165, 1.54) is 23.5 Å². The Morgan fingerprint density at radius 3 is 2.53 bits per heavy atom. The Labute approximate surface area is 108 Å². The highest BCUT2D eigenvalue weighted by Gasteiger charge is 2.17. The fourth-order valence-corrected chi connectivity index (χ4v) is 2.90. The van der Waals surface area contributed by atoms with Crippen molar-refractivity contribution in [3.8, 4) is 0 Å². The first kappa shape index (κ1) is 12.6. The Bertz CT molecular complexity index is 531. The summed E-state index contributed by atoms with van der Waals surface area (Å²) in [5.74, 6) is -0.343. The zero-order chi connectivity index (χ0) is 12.6. The largest absolute Gasteiger partial charge is 0.383 e. The number of aryl methyl sites for hydroxylation is 2. The van der Waals surface area contributed by atoms with E-state index < -0.39 is 6.10 Å². The fraction of sp³-hybridized carbons (Fsp3) is 0.231. The minimum Gasteiger partial charge on any atom is -0.383 e. The second kappa shape index (κ2) is 4.77. The van der Waals surface area contributed by atoms with E-state index >= 15 is 0 Å². The lowest BCUT2D eigenvalue weighted by atomic mass is 10.0. The summed E-state index contributed by atoms with van der Waals surface area (Å²) in [5, 5.41) is 10.2. The highest BCUT2D eigenvalue weighted by molar-refractivity contribution is 7.16. The lowest BCUT2D eigenvalue weighted by molar-refractivity contribution is 0.223. The van der Waals surface area contributed by atoms with E-state index in [9.17, 15) is 9.50 Å². The first-order chi connectivity index (χ1) is 7.99. The summed E-state index contributed by atoms with van der Waals surface area (Å²) >= 11 is 7.29. The summed E-state index contributed by atoms with van der Waals surface area (Å²) < 4.78 is 13.8. The van der Waals surface area contributed by atoms with Gasteiger partial charge in [0.2, 0.25) is 0 Å². The summed E-state index contributed by atoms with van der Waals surface area (Å²) in [6.45, 7) is 3.73. The van der Waals surface area contributed by atoms with E-state index in [1.54, 1.807) is 6.07 Å². The van der Waals surface area contributed by atoms with Crippen LogP contribution in [0.3, 0.4) is 0 Å². The van der Waals surface area contributed by atoms with Crippen molar-refractivity contribution in [1.82, 2.24) is 0 Å². The van der Waals surface area contributed by atoms with Crippen molar-refractivity contribution >= 4 is 22.9 Å². The standard InChI is InChI=1S/C13H12ClFOS/c1-7-3-4-9(15)6-10(7)12(16)11-5-8(2)13(14)17-11/h3-6,12,16H,1-2H3. The molecular formula is C13H12ClFOS. The molecule has 0 aliphatic rings. The topological polar surface area (TPSA) is 20.2 Å². The van der Waals surface area contributed by atoms with E-state index in [4.69, 9.17) is 11.6 Å². The molecule has 1 aromatic heterocycles. The summed E-state index contributed by atoms with van der Waals surface area (Å²) in [4.78, 5) is 0.737. The van der Waals surface area contributed by atoms with Gasteiger partial charge in [0.1, 0.15) is 11.9 Å². The van der Waals surface area contributed by atoms with Gasteiger partial charge in [0.25, 0.3) is 0 Å². The summed E-state index contributed by atoms with van der Waals surface area (Å²) in [7, 11) is 0. The molecule has 0 saturated heterocycles. The molecule has 0 saturated carbocycles. The molecule has 1 aromatic carbocycles. The van der Waals surface area contributed by atoms with Gasteiger partial charge in [0.15, 0.2) is 0 Å². The smallest absolute Gasteiger partial charge is 0.123 e. The average molecular weight is 271 g/mol. The van der Waals surface area contributed by atoms with E-state index in [1.807, 2.05) is 19.9 Å². The van der Waals surface area contributed by atoms with E-state index in [-0.39, 0.29) is 5.82 Å². The van der Waals surface area contributed by atoms with E-state index in [0.717, 1.165) is 16.0 Å². The molecule has 1 atom stereocenters. The van der Waals surface area contributed by atoms with Gasteiger partial charge >= 0.3 is 0 Å². The molecule has 1 heterocycles. The number of thiophene rings is 1. The molecule has 0 amide bonds. The van der Waals surface area contributed by atoms with Crippen LogP contribution in [0.15, 0.2) is 24.3 Å². The number of benzene rings is 1. The average Bonchev–Trinajstić information content (AvgIpc) is 2.62. The monoisotopic (exact) mass is 270 g/mol.